The summed E-state index contributed by atoms with van der Waals surface area (Å²) in [6.07, 6.45) is 38.2. The highest BCUT2D eigenvalue weighted by Crippen LogP contribution is 2.13. The number of nitrogens with one attached hydrogen (secondary N) is 14. The van der Waals surface area contributed by atoms with Crippen LogP contribution in [0.2, 0.25) is 0 Å². The van der Waals surface area contributed by atoms with Gasteiger partial charge in [0.2, 0.25) is 41.4 Å². The lowest BCUT2D eigenvalue weighted by Gasteiger charge is -2.18. The molecule has 45 nitrogen and oxygen atoms in total. The number of amides is 7. The normalized spacial score (nSPS) is 15.1. The Morgan fingerprint density at radius 3 is 0.521 bits per heavy atom. The topological polar surface area (TPSA) is 795 Å². The minimum atomic E-state index is -0.650. The molecule has 16 unspecified atom stereocenters. The van der Waals surface area contributed by atoms with Gasteiger partial charge in [-0.15, -0.1) is 0 Å². The number of hydrogen-bond donors (Lipinski definition) is 31. The second kappa shape index (κ2) is 102. The first-order valence-corrected chi connectivity index (χ1v) is 54.5. The average molecular weight is 2040 g/mol. The highest BCUT2D eigenvalue weighted by Gasteiger charge is 2.22. The predicted octanol–water partition coefficient (Wildman–Crippen LogP) is -0.195. The lowest BCUT2D eigenvalue weighted by molar-refractivity contribution is -0.123. The zero-order valence-corrected chi connectivity index (χ0v) is 88.5. The molecule has 0 saturated carbocycles. The molecule has 0 aromatic carbocycles. The van der Waals surface area contributed by atoms with Crippen molar-refractivity contribution in [2.24, 2.45) is 97.5 Å². The van der Waals surface area contributed by atoms with Crippen LogP contribution in [0.4, 0.5) is 0 Å². The lowest BCUT2D eigenvalue weighted by Crippen LogP contribution is -2.42. The van der Waals surface area contributed by atoms with Crippen LogP contribution in [0.1, 0.15) is 335 Å². The van der Waals surface area contributed by atoms with Gasteiger partial charge in [-0.25, -0.2) is 0 Å². The van der Waals surface area contributed by atoms with Crippen molar-refractivity contribution in [2.45, 2.75) is 433 Å². The molecule has 0 spiro atoms. The van der Waals surface area contributed by atoms with Crippen LogP contribution < -0.4 is 172 Å². The van der Waals surface area contributed by atoms with Gasteiger partial charge < -0.3 is 168 Å². The minimum Gasteiger partial charge on any atom is -0.355 e. The number of carbonyl (C=O) groups excluding carboxylic acids is 7. The van der Waals surface area contributed by atoms with Gasteiger partial charge in [0.1, 0.15) is 43.6 Å². The lowest BCUT2D eigenvalue weighted by atomic mass is 10.1. The van der Waals surface area contributed by atoms with E-state index in [4.69, 9.17) is 131 Å². The fourth-order valence-corrected chi connectivity index (χ4v) is 14.6. The third-order valence-corrected chi connectivity index (χ3v) is 24.2. The van der Waals surface area contributed by atoms with E-state index >= 15 is 0 Å². The average Bonchev–Trinajstić information content (AvgIpc) is 0.961. The van der Waals surface area contributed by atoms with Crippen LogP contribution in [0.3, 0.4) is 0 Å². The molecular weight excluding hydrogens is 1820 g/mol. The number of rotatable bonds is 106. The number of ether oxygens (including phenoxy) is 7. The van der Waals surface area contributed by atoms with Crippen molar-refractivity contribution in [1.29, 1.82) is 0 Å². The van der Waals surface area contributed by atoms with Gasteiger partial charge in [-0.3, -0.25) is 70.8 Å². The van der Waals surface area contributed by atoms with Crippen molar-refractivity contribution in [3.05, 3.63) is 0 Å². The maximum Gasteiger partial charge on any atom is 0.236 e. The van der Waals surface area contributed by atoms with E-state index in [1.807, 2.05) is 0 Å². The standard InChI is InChI=1S/C55H121N17O8.C42H94N14O6/c1-3-4-5-27-48(61)77-39-65-32-15-11-28-49(62)78-40-66-33-16-12-29-50(63)79-41-67-34-17-13-30-51(64)80-42-72-43(2)22-7-18-35-68-53(74)45(58)24-9-20-37-70-55(76)47(60)26-10-21-38-71-54(75)46(59)25-8-19-36-69-52(73)44(57)23-6-14-31-56;1-33(56-32-62-39(50)22-8-12-26-52-31-61-38(49)21-7-11-25-51-30-60-37(48)20-3-10-24-44)16-4-13-27-53-41(58)35(46)18-6-15-29-55-42(59)36(47)19-5-14-28-54-40(57)34(45)17-2-9-23-43/h43-51,65-67,72H,3-42,56-64H2,1-2H3,(H,68,74)(H,69,73)(H,70,76)(H,71,75);33-39,51-52,56H,2-32,43-50H2,1H3,(H,53,58)(H,54,57)(H,55,59). The second-order valence-corrected chi connectivity index (χ2v) is 37.7. The number of hydrogen-bond acceptors (Lipinski definition) is 38. The van der Waals surface area contributed by atoms with Crippen molar-refractivity contribution < 1.29 is 66.7 Å². The van der Waals surface area contributed by atoms with Crippen LogP contribution in [0.5, 0.6) is 0 Å². The van der Waals surface area contributed by atoms with Crippen LogP contribution in [0, 0.1) is 0 Å². The van der Waals surface area contributed by atoms with Crippen LogP contribution >= 0.6 is 0 Å². The van der Waals surface area contributed by atoms with E-state index < -0.39 is 42.3 Å². The Morgan fingerprint density at radius 1 is 0.190 bits per heavy atom. The summed E-state index contributed by atoms with van der Waals surface area (Å²) in [6, 6.07) is -3.66. The Labute approximate surface area is 854 Å². The van der Waals surface area contributed by atoms with E-state index in [-0.39, 0.29) is 97.0 Å². The first kappa shape index (κ1) is 139. The third kappa shape index (κ3) is 93.6. The first-order valence-electron chi connectivity index (χ1n) is 54.5. The van der Waals surface area contributed by atoms with Gasteiger partial charge in [-0.05, 0) is 342 Å². The predicted molar refractivity (Wildman–Crippen MR) is 569 cm³/mol. The van der Waals surface area contributed by atoms with Crippen molar-refractivity contribution >= 4 is 41.4 Å². The summed E-state index contributed by atoms with van der Waals surface area (Å²) in [5, 5.41) is 43.1. The van der Waals surface area contributed by atoms with Gasteiger partial charge in [0, 0.05) is 57.9 Å². The molecule has 142 heavy (non-hydrogen) atoms. The Hall–Kier alpha value is -4.95. The molecule has 0 aromatic heterocycles. The minimum absolute atomic E-state index is 0.160. The molecule has 48 N–H and O–H groups in total. The van der Waals surface area contributed by atoms with Gasteiger partial charge in [0.25, 0.3) is 0 Å². The highest BCUT2D eigenvalue weighted by molar-refractivity contribution is 5.84. The number of nitrogens with two attached hydrogens (primary N) is 17. The van der Waals surface area contributed by atoms with E-state index in [1.54, 1.807) is 0 Å². The van der Waals surface area contributed by atoms with Crippen LogP contribution in [-0.2, 0) is 66.7 Å². The molecule has 0 saturated heterocycles. The molecule has 0 aliphatic rings. The monoisotopic (exact) mass is 2040 g/mol. The fourth-order valence-electron chi connectivity index (χ4n) is 14.6. The largest absolute Gasteiger partial charge is 0.355 e. The molecule has 0 heterocycles. The SMILES string of the molecule is CC(CCCCNC(=O)C(N)CCCCNC(=O)C(N)CCCCNC(=O)C(N)CCCCN)NCOC(N)CCCCNCOC(N)CCCCNCOC(N)CCCCN.CCCCCC(N)OCNCCCCC(N)OCNCCCCC(N)OCNCCCCC(N)OCNC(C)CCCCNC(=O)C(N)CCCCNC(=O)C(N)CCCCNC(=O)C(N)CCCCNC(=O)C(N)CCCCN. The van der Waals surface area contributed by atoms with E-state index in [1.165, 1.54) is 12.8 Å². The molecule has 0 aromatic rings. The van der Waals surface area contributed by atoms with Gasteiger partial charge in [0.05, 0.1) is 89.4 Å². The van der Waals surface area contributed by atoms with E-state index in [0.717, 1.165) is 225 Å². The molecule has 16 atom stereocenters. The van der Waals surface area contributed by atoms with Crippen LogP contribution in [0.15, 0.2) is 0 Å². The summed E-state index contributed by atoms with van der Waals surface area (Å²) in [5.74, 6) is -1.33. The Bertz CT molecular complexity index is 2870. The van der Waals surface area contributed by atoms with Crippen molar-refractivity contribution in [2.75, 3.05) is 145 Å². The zero-order valence-electron chi connectivity index (χ0n) is 88.5. The molecule has 0 fully saturated rings. The van der Waals surface area contributed by atoms with Crippen molar-refractivity contribution in [3.8, 4) is 0 Å². The summed E-state index contributed by atoms with van der Waals surface area (Å²) < 4.78 is 39.7. The molecular formula is C97H215N31O14. The molecule has 0 bridgehead atoms. The molecule has 7 amide bonds. The summed E-state index contributed by atoms with van der Waals surface area (Å²) >= 11 is 0. The van der Waals surface area contributed by atoms with Gasteiger partial charge in [-0.2, -0.15) is 0 Å². The van der Waals surface area contributed by atoms with Gasteiger partial charge in [0.15, 0.2) is 0 Å². The maximum absolute atomic E-state index is 12.5. The zero-order chi connectivity index (χ0) is 105. The summed E-state index contributed by atoms with van der Waals surface area (Å²) in [5.41, 5.74) is 101. The molecule has 842 valence electrons. The Morgan fingerprint density at radius 2 is 0.338 bits per heavy atom. The van der Waals surface area contributed by atoms with Crippen molar-refractivity contribution in [1.82, 2.24) is 74.4 Å². The van der Waals surface area contributed by atoms with E-state index in [0.29, 0.717) is 222 Å². The number of unbranched alkanes of at least 4 members (excludes halogenated alkanes) is 17. The summed E-state index contributed by atoms with van der Waals surface area (Å²) in [4.78, 5) is 86.2. The van der Waals surface area contributed by atoms with E-state index in [9.17, 15) is 33.6 Å². The quantitative estimate of drug-likeness (QED) is 0.0277. The van der Waals surface area contributed by atoms with Crippen LogP contribution in [-0.4, -0.2) is 285 Å². The molecule has 0 aliphatic heterocycles. The first-order chi connectivity index (χ1) is 68.5. The van der Waals surface area contributed by atoms with Gasteiger partial charge >= 0.3 is 0 Å². The van der Waals surface area contributed by atoms with E-state index in [2.05, 4.69) is 95.2 Å². The summed E-state index contributed by atoms with van der Waals surface area (Å²) in [7, 11) is 0. The number of carbonyl (C=O) groups is 7. The summed E-state index contributed by atoms with van der Waals surface area (Å²) in [6.45, 7) is 18.8. The molecule has 45 heteroatoms. The molecule has 0 radical (unpaired) electrons. The molecule has 0 rings (SSSR count). The smallest absolute Gasteiger partial charge is 0.236 e. The van der Waals surface area contributed by atoms with Crippen molar-refractivity contribution in [3.63, 3.8) is 0 Å². The Balaban J connectivity index is 0. The molecule has 0 aliphatic carbocycles. The fraction of sp³-hybridized carbons (Fsp3) is 0.928. The van der Waals surface area contributed by atoms with Gasteiger partial charge in [-0.1, -0.05) is 45.4 Å². The second-order valence-electron chi connectivity index (χ2n) is 37.7. The van der Waals surface area contributed by atoms with Crippen LogP contribution in [0.25, 0.3) is 0 Å². The third-order valence-electron chi connectivity index (χ3n) is 24.2. The highest BCUT2D eigenvalue weighted by atomic mass is 16.5. The maximum atomic E-state index is 12.5. The Kier molecular flexibility index (Phi) is 99.8.